The molecule has 8 nitrogen and oxygen atoms in total. The minimum atomic E-state index is -3.45. The molecule has 4 rings (SSSR count). The first-order valence-electron chi connectivity index (χ1n) is 8.97. The zero-order valence-corrected chi connectivity index (χ0v) is 18.8. The standard InChI is InChI=1S/C18H19BrN6O2S2/c1-13-3-2-4-15(20-13)21-16-6-7-17(23-22-16)24-9-11-25(12-10-24)29(26,27)18-8-5-14(19)28-18/h2-8H,9-12H2,1H3,(H,20,21,22). The Morgan fingerprint density at radius 3 is 2.41 bits per heavy atom. The Bertz CT molecular complexity index is 1100. The smallest absolute Gasteiger partial charge is 0.252 e. The van der Waals surface area contributed by atoms with Crippen molar-refractivity contribution in [2.45, 2.75) is 11.1 Å². The van der Waals surface area contributed by atoms with Crippen molar-refractivity contribution in [3.63, 3.8) is 0 Å². The third-order valence-corrected chi connectivity index (χ3v) is 8.49. The zero-order valence-electron chi connectivity index (χ0n) is 15.6. The topological polar surface area (TPSA) is 91.3 Å². The van der Waals surface area contributed by atoms with Crippen LogP contribution in [0.1, 0.15) is 5.69 Å². The lowest BCUT2D eigenvalue weighted by molar-refractivity contribution is 0.384. The lowest BCUT2D eigenvalue weighted by Gasteiger charge is -2.34. The van der Waals surface area contributed by atoms with Gasteiger partial charge in [0.05, 0.1) is 3.79 Å². The van der Waals surface area contributed by atoms with Crippen molar-refractivity contribution in [1.29, 1.82) is 0 Å². The molecule has 1 aliphatic rings. The van der Waals surface area contributed by atoms with Gasteiger partial charge in [-0.3, -0.25) is 0 Å². The molecule has 0 aliphatic carbocycles. The molecule has 152 valence electrons. The molecule has 0 atom stereocenters. The van der Waals surface area contributed by atoms with Crippen LogP contribution < -0.4 is 10.2 Å². The van der Waals surface area contributed by atoms with Crippen LogP contribution in [0.4, 0.5) is 17.5 Å². The van der Waals surface area contributed by atoms with Gasteiger partial charge < -0.3 is 10.2 Å². The maximum absolute atomic E-state index is 12.7. The van der Waals surface area contributed by atoms with Gasteiger partial charge in [-0.2, -0.15) is 4.31 Å². The van der Waals surface area contributed by atoms with Crippen LogP contribution in [0.25, 0.3) is 0 Å². The van der Waals surface area contributed by atoms with Crippen molar-refractivity contribution in [2.24, 2.45) is 0 Å². The van der Waals surface area contributed by atoms with E-state index in [-0.39, 0.29) is 0 Å². The molecule has 4 heterocycles. The van der Waals surface area contributed by atoms with Crippen LogP contribution in [-0.2, 0) is 10.0 Å². The molecule has 0 spiro atoms. The summed E-state index contributed by atoms with van der Waals surface area (Å²) in [5.74, 6) is 2.05. The molecule has 1 saturated heterocycles. The van der Waals surface area contributed by atoms with E-state index in [0.717, 1.165) is 15.3 Å². The first kappa shape index (κ1) is 20.2. The second-order valence-electron chi connectivity index (χ2n) is 6.52. The van der Waals surface area contributed by atoms with E-state index in [1.54, 1.807) is 12.1 Å². The fourth-order valence-electron chi connectivity index (χ4n) is 3.03. The van der Waals surface area contributed by atoms with Crippen molar-refractivity contribution in [1.82, 2.24) is 19.5 Å². The first-order chi connectivity index (χ1) is 13.9. The van der Waals surface area contributed by atoms with Crippen LogP contribution in [0.15, 0.2) is 50.5 Å². The molecule has 1 aliphatic heterocycles. The van der Waals surface area contributed by atoms with Gasteiger partial charge in [0.15, 0.2) is 11.6 Å². The average molecular weight is 495 g/mol. The zero-order chi connectivity index (χ0) is 20.4. The number of thiophene rings is 1. The molecule has 3 aromatic heterocycles. The fraction of sp³-hybridized carbons (Fsp3) is 0.278. The monoisotopic (exact) mass is 494 g/mol. The van der Waals surface area contributed by atoms with E-state index in [9.17, 15) is 8.42 Å². The summed E-state index contributed by atoms with van der Waals surface area (Å²) in [5, 5.41) is 11.6. The van der Waals surface area contributed by atoms with Crippen molar-refractivity contribution in [2.75, 3.05) is 36.4 Å². The van der Waals surface area contributed by atoms with Gasteiger partial charge in [-0.05, 0) is 59.3 Å². The number of rotatable bonds is 5. The predicted octanol–water partition coefficient (Wildman–Crippen LogP) is 3.26. The summed E-state index contributed by atoms with van der Waals surface area (Å²) < 4.78 is 28.2. The molecular formula is C18H19BrN6O2S2. The van der Waals surface area contributed by atoms with Gasteiger partial charge in [0.1, 0.15) is 10.0 Å². The van der Waals surface area contributed by atoms with Crippen LogP contribution in [0.3, 0.4) is 0 Å². The first-order valence-corrected chi connectivity index (χ1v) is 12.0. The molecule has 3 aromatic rings. The van der Waals surface area contributed by atoms with Gasteiger partial charge in [-0.25, -0.2) is 13.4 Å². The van der Waals surface area contributed by atoms with Crippen molar-refractivity contribution in [3.8, 4) is 0 Å². The van der Waals surface area contributed by atoms with Gasteiger partial charge >= 0.3 is 0 Å². The summed E-state index contributed by atoms with van der Waals surface area (Å²) in [4.78, 5) is 6.42. The molecule has 29 heavy (non-hydrogen) atoms. The van der Waals surface area contributed by atoms with E-state index in [4.69, 9.17) is 0 Å². The second-order valence-corrected chi connectivity index (χ2v) is 11.1. The number of nitrogens with zero attached hydrogens (tertiary/aromatic N) is 5. The van der Waals surface area contributed by atoms with Crippen molar-refractivity contribution in [3.05, 3.63) is 51.9 Å². The lowest BCUT2D eigenvalue weighted by atomic mass is 10.3. The normalized spacial score (nSPS) is 15.4. The Kier molecular flexibility index (Phi) is 5.81. The molecule has 0 radical (unpaired) electrons. The summed E-state index contributed by atoms with van der Waals surface area (Å²) in [6, 6.07) is 12.8. The van der Waals surface area contributed by atoms with E-state index < -0.39 is 10.0 Å². The third-order valence-electron chi connectivity index (χ3n) is 4.50. The van der Waals surface area contributed by atoms with Gasteiger partial charge in [-0.1, -0.05) is 6.07 Å². The van der Waals surface area contributed by atoms with Gasteiger partial charge in [0, 0.05) is 31.9 Å². The minimum absolute atomic E-state index is 0.359. The molecule has 0 aromatic carbocycles. The Labute approximate surface area is 181 Å². The number of hydrogen-bond donors (Lipinski definition) is 1. The quantitative estimate of drug-likeness (QED) is 0.581. The summed E-state index contributed by atoms with van der Waals surface area (Å²) >= 11 is 4.55. The number of aryl methyl sites for hydroxylation is 1. The Morgan fingerprint density at radius 1 is 1.00 bits per heavy atom. The van der Waals surface area contributed by atoms with Crippen molar-refractivity contribution >= 4 is 54.7 Å². The highest BCUT2D eigenvalue weighted by Gasteiger charge is 2.30. The van der Waals surface area contributed by atoms with E-state index in [1.165, 1.54) is 15.6 Å². The SMILES string of the molecule is Cc1cccc(Nc2ccc(N3CCN(S(=O)(=O)c4ccc(Br)s4)CC3)nn2)n1. The second kappa shape index (κ2) is 8.34. The van der Waals surface area contributed by atoms with Crippen LogP contribution >= 0.6 is 27.3 Å². The highest BCUT2D eigenvalue weighted by molar-refractivity contribution is 9.11. The van der Waals surface area contributed by atoms with Gasteiger partial charge in [0.25, 0.3) is 10.0 Å². The molecule has 0 unspecified atom stereocenters. The molecule has 0 amide bonds. The van der Waals surface area contributed by atoms with E-state index in [0.29, 0.717) is 42.0 Å². The lowest BCUT2D eigenvalue weighted by Crippen LogP contribution is -2.48. The number of pyridine rings is 1. The summed E-state index contributed by atoms with van der Waals surface area (Å²) in [6.45, 7) is 3.87. The van der Waals surface area contributed by atoms with Gasteiger partial charge in [-0.15, -0.1) is 21.5 Å². The molecule has 11 heteroatoms. The largest absolute Gasteiger partial charge is 0.352 e. The van der Waals surface area contributed by atoms with Crippen LogP contribution in [0.2, 0.25) is 0 Å². The number of aromatic nitrogens is 3. The Morgan fingerprint density at radius 2 is 1.79 bits per heavy atom. The summed E-state index contributed by atoms with van der Waals surface area (Å²) in [6.07, 6.45) is 0. The highest BCUT2D eigenvalue weighted by atomic mass is 79.9. The number of hydrogen-bond acceptors (Lipinski definition) is 8. The highest BCUT2D eigenvalue weighted by Crippen LogP contribution is 2.29. The Hall–Kier alpha value is -2.08. The van der Waals surface area contributed by atoms with E-state index in [2.05, 4.69) is 36.4 Å². The minimum Gasteiger partial charge on any atom is -0.352 e. The summed E-state index contributed by atoms with van der Waals surface area (Å²) in [7, 11) is -3.45. The van der Waals surface area contributed by atoms with Crippen molar-refractivity contribution < 1.29 is 8.42 Å². The number of halogens is 1. The Balaban J connectivity index is 1.38. The van der Waals surface area contributed by atoms with Crippen LogP contribution in [0, 0.1) is 6.92 Å². The maximum atomic E-state index is 12.7. The maximum Gasteiger partial charge on any atom is 0.252 e. The molecule has 0 bridgehead atoms. The van der Waals surface area contributed by atoms with Crippen LogP contribution in [0.5, 0.6) is 0 Å². The molecule has 0 saturated carbocycles. The summed E-state index contributed by atoms with van der Waals surface area (Å²) in [5.41, 5.74) is 0.919. The molecule has 1 fully saturated rings. The number of nitrogens with one attached hydrogen (secondary N) is 1. The number of anilines is 3. The van der Waals surface area contributed by atoms with Crippen LogP contribution in [-0.4, -0.2) is 54.1 Å². The predicted molar refractivity (Wildman–Crippen MR) is 117 cm³/mol. The third kappa shape index (κ3) is 4.58. The molecule has 1 N–H and O–H groups in total. The molecular weight excluding hydrogens is 476 g/mol. The number of sulfonamides is 1. The van der Waals surface area contributed by atoms with E-state index in [1.807, 2.05) is 42.2 Å². The number of piperazine rings is 1. The van der Waals surface area contributed by atoms with E-state index >= 15 is 0 Å². The fourth-order valence-corrected chi connectivity index (χ4v) is 6.61. The van der Waals surface area contributed by atoms with Gasteiger partial charge in [0.2, 0.25) is 0 Å². The average Bonchev–Trinajstić information content (AvgIpc) is 3.16.